The van der Waals surface area contributed by atoms with Crippen LogP contribution in [0.3, 0.4) is 0 Å². The largest absolute Gasteiger partial charge is 0.508 e. The van der Waals surface area contributed by atoms with Gasteiger partial charge in [0.05, 0.1) is 11.7 Å². The predicted molar refractivity (Wildman–Crippen MR) is 116 cm³/mol. The number of phenolic OH excluding ortho intramolecular Hbond substituents is 1. The molecule has 0 bridgehead atoms. The van der Waals surface area contributed by atoms with E-state index in [4.69, 9.17) is 15.2 Å². The van der Waals surface area contributed by atoms with Gasteiger partial charge in [0.2, 0.25) is 11.8 Å². The third-order valence-corrected chi connectivity index (χ3v) is 4.00. The molecule has 0 aliphatic heterocycles. The van der Waals surface area contributed by atoms with E-state index in [9.17, 15) is 19.5 Å². The van der Waals surface area contributed by atoms with E-state index in [-0.39, 0.29) is 12.2 Å². The molecule has 9 heteroatoms. The number of carbonyl (C=O) groups excluding carboxylic acids is 3. The number of aromatic hydroxyl groups is 1. The molecule has 0 unspecified atom stereocenters. The summed E-state index contributed by atoms with van der Waals surface area (Å²) in [5, 5.41) is 14.5. The SMILES string of the molecule is C[C@@H](OC(C)(C)C)[C@H](NC(=O)OC(C)(C)C)C(=O)N[C@@H](Cc1ccc(O)cc1)C(N)=O. The average molecular weight is 438 g/mol. The summed E-state index contributed by atoms with van der Waals surface area (Å²) in [5.41, 5.74) is 4.83. The summed E-state index contributed by atoms with van der Waals surface area (Å²) in [6.45, 7) is 12.2. The third kappa shape index (κ3) is 10.2. The number of amides is 3. The normalized spacial score (nSPS) is 14.8. The second-order valence-electron chi connectivity index (χ2n) is 9.39. The Balaban J connectivity index is 3.02. The monoisotopic (exact) mass is 437 g/mol. The molecule has 31 heavy (non-hydrogen) atoms. The molecule has 0 spiro atoms. The van der Waals surface area contributed by atoms with Crippen LogP contribution in [0.15, 0.2) is 24.3 Å². The highest BCUT2D eigenvalue weighted by molar-refractivity contribution is 5.91. The fourth-order valence-electron chi connectivity index (χ4n) is 2.81. The van der Waals surface area contributed by atoms with Gasteiger partial charge in [-0.3, -0.25) is 9.59 Å². The zero-order valence-electron chi connectivity index (χ0n) is 19.3. The van der Waals surface area contributed by atoms with Crippen LogP contribution in [-0.2, 0) is 25.5 Å². The Morgan fingerprint density at radius 1 is 1.00 bits per heavy atom. The van der Waals surface area contributed by atoms with Crippen LogP contribution < -0.4 is 16.4 Å². The van der Waals surface area contributed by atoms with E-state index >= 15 is 0 Å². The lowest BCUT2D eigenvalue weighted by molar-refractivity contribution is -0.134. The van der Waals surface area contributed by atoms with Gasteiger partial charge in [-0.05, 0) is 66.2 Å². The molecular formula is C22H35N3O6. The van der Waals surface area contributed by atoms with E-state index in [1.54, 1.807) is 39.8 Å². The highest BCUT2D eigenvalue weighted by Gasteiger charge is 2.34. The second kappa shape index (κ2) is 10.5. The van der Waals surface area contributed by atoms with E-state index in [0.29, 0.717) is 5.56 Å². The number of carbonyl (C=O) groups is 3. The zero-order valence-corrected chi connectivity index (χ0v) is 19.3. The van der Waals surface area contributed by atoms with Gasteiger partial charge < -0.3 is 30.9 Å². The third-order valence-electron chi connectivity index (χ3n) is 4.00. The number of primary amides is 1. The van der Waals surface area contributed by atoms with Crippen LogP contribution in [-0.4, -0.2) is 52.4 Å². The topological polar surface area (TPSA) is 140 Å². The minimum absolute atomic E-state index is 0.0817. The summed E-state index contributed by atoms with van der Waals surface area (Å²) in [6, 6.07) is 4.04. The van der Waals surface area contributed by atoms with E-state index < -0.39 is 47.3 Å². The highest BCUT2D eigenvalue weighted by atomic mass is 16.6. The molecule has 0 saturated heterocycles. The molecule has 0 aliphatic carbocycles. The summed E-state index contributed by atoms with van der Waals surface area (Å²) < 4.78 is 11.1. The van der Waals surface area contributed by atoms with Gasteiger partial charge in [0.25, 0.3) is 0 Å². The van der Waals surface area contributed by atoms with Crippen LogP contribution in [0, 0.1) is 0 Å². The zero-order chi connectivity index (χ0) is 24.0. The van der Waals surface area contributed by atoms with Gasteiger partial charge in [0.1, 0.15) is 23.4 Å². The quantitative estimate of drug-likeness (QED) is 0.490. The Bertz CT molecular complexity index is 765. The first-order chi connectivity index (χ1) is 14.1. The molecule has 1 rings (SSSR count). The fraction of sp³-hybridized carbons (Fsp3) is 0.591. The fourth-order valence-corrected chi connectivity index (χ4v) is 2.81. The Hall–Kier alpha value is -2.81. The number of ether oxygens (including phenoxy) is 2. The van der Waals surface area contributed by atoms with E-state index in [1.165, 1.54) is 12.1 Å². The first kappa shape index (κ1) is 26.2. The summed E-state index contributed by atoms with van der Waals surface area (Å²) in [7, 11) is 0. The molecule has 1 aromatic rings. The summed E-state index contributed by atoms with van der Waals surface area (Å²) in [6.07, 6.45) is -1.39. The number of hydrogen-bond acceptors (Lipinski definition) is 6. The lowest BCUT2D eigenvalue weighted by Crippen LogP contribution is -2.58. The van der Waals surface area contributed by atoms with Crippen LogP contribution in [0.5, 0.6) is 5.75 Å². The molecule has 0 radical (unpaired) electrons. The van der Waals surface area contributed by atoms with Crippen LogP contribution in [0.2, 0.25) is 0 Å². The van der Waals surface area contributed by atoms with Crippen molar-refractivity contribution in [2.75, 3.05) is 0 Å². The molecule has 9 nitrogen and oxygen atoms in total. The second-order valence-corrected chi connectivity index (χ2v) is 9.39. The molecule has 0 fully saturated rings. The van der Waals surface area contributed by atoms with Crippen molar-refractivity contribution in [1.29, 1.82) is 0 Å². The molecule has 0 saturated carbocycles. The smallest absolute Gasteiger partial charge is 0.408 e. The number of nitrogens with one attached hydrogen (secondary N) is 2. The Morgan fingerprint density at radius 3 is 2.00 bits per heavy atom. The van der Waals surface area contributed by atoms with Gasteiger partial charge in [-0.2, -0.15) is 0 Å². The summed E-state index contributed by atoms with van der Waals surface area (Å²) >= 11 is 0. The van der Waals surface area contributed by atoms with Gasteiger partial charge in [0, 0.05) is 6.42 Å². The molecule has 1 aromatic carbocycles. The van der Waals surface area contributed by atoms with Crippen LogP contribution in [0.1, 0.15) is 54.0 Å². The molecule has 3 amide bonds. The lowest BCUT2D eigenvalue weighted by Gasteiger charge is -2.32. The molecule has 0 aliphatic rings. The maximum atomic E-state index is 13.0. The van der Waals surface area contributed by atoms with Gasteiger partial charge in [0.15, 0.2) is 0 Å². The van der Waals surface area contributed by atoms with Crippen molar-refractivity contribution in [3.63, 3.8) is 0 Å². The van der Waals surface area contributed by atoms with Crippen molar-refractivity contribution in [3.05, 3.63) is 29.8 Å². The maximum absolute atomic E-state index is 13.0. The standard InChI is InChI=1S/C22H35N3O6/c1-13(30-21(2,3)4)17(25-20(29)31-22(5,6)7)19(28)24-16(18(23)27)12-14-8-10-15(26)11-9-14/h8-11,13,16-17,26H,12H2,1-7H3,(H2,23,27)(H,24,28)(H,25,29)/t13-,16+,17+/m1/s1. The summed E-state index contributed by atoms with van der Waals surface area (Å²) in [4.78, 5) is 37.3. The number of alkyl carbamates (subject to hydrolysis) is 1. The molecule has 3 atom stereocenters. The highest BCUT2D eigenvalue weighted by Crippen LogP contribution is 2.15. The van der Waals surface area contributed by atoms with Crippen molar-refractivity contribution in [3.8, 4) is 5.75 Å². The number of nitrogens with two attached hydrogens (primary N) is 1. The van der Waals surface area contributed by atoms with Crippen molar-refractivity contribution in [2.24, 2.45) is 5.73 Å². The van der Waals surface area contributed by atoms with Crippen LogP contribution in [0.25, 0.3) is 0 Å². The Labute approximate surface area is 183 Å². The number of benzene rings is 1. The van der Waals surface area contributed by atoms with Crippen molar-refractivity contribution in [2.45, 2.75) is 84.3 Å². The molecule has 174 valence electrons. The van der Waals surface area contributed by atoms with E-state index in [1.807, 2.05) is 20.8 Å². The Kier molecular flexibility index (Phi) is 8.86. The number of phenols is 1. The first-order valence-electron chi connectivity index (χ1n) is 10.1. The van der Waals surface area contributed by atoms with Crippen LogP contribution >= 0.6 is 0 Å². The van der Waals surface area contributed by atoms with E-state index in [2.05, 4.69) is 10.6 Å². The molecule has 0 aromatic heterocycles. The van der Waals surface area contributed by atoms with Crippen molar-refractivity contribution in [1.82, 2.24) is 10.6 Å². The Morgan fingerprint density at radius 2 is 1.55 bits per heavy atom. The van der Waals surface area contributed by atoms with Gasteiger partial charge >= 0.3 is 6.09 Å². The lowest BCUT2D eigenvalue weighted by atomic mass is 10.0. The van der Waals surface area contributed by atoms with Crippen LogP contribution in [0.4, 0.5) is 4.79 Å². The first-order valence-corrected chi connectivity index (χ1v) is 10.1. The minimum atomic E-state index is -1.13. The van der Waals surface area contributed by atoms with Gasteiger partial charge in [-0.25, -0.2) is 4.79 Å². The van der Waals surface area contributed by atoms with Crippen molar-refractivity contribution < 1.29 is 29.0 Å². The van der Waals surface area contributed by atoms with Crippen molar-refractivity contribution >= 4 is 17.9 Å². The van der Waals surface area contributed by atoms with E-state index in [0.717, 1.165) is 0 Å². The number of rotatable bonds is 8. The molecule has 5 N–H and O–H groups in total. The predicted octanol–water partition coefficient (Wildman–Crippen LogP) is 2.00. The molecular weight excluding hydrogens is 402 g/mol. The average Bonchev–Trinajstić information content (AvgIpc) is 2.57. The maximum Gasteiger partial charge on any atom is 0.408 e. The van der Waals surface area contributed by atoms with Gasteiger partial charge in [-0.1, -0.05) is 12.1 Å². The molecule has 0 heterocycles. The number of hydrogen-bond donors (Lipinski definition) is 4. The minimum Gasteiger partial charge on any atom is -0.508 e. The van der Waals surface area contributed by atoms with Gasteiger partial charge in [-0.15, -0.1) is 0 Å². The summed E-state index contributed by atoms with van der Waals surface area (Å²) in [5.74, 6) is -1.29.